The van der Waals surface area contributed by atoms with E-state index in [1.165, 1.54) is 25.2 Å². The molecule has 0 bridgehead atoms. The molecule has 1 aliphatic carbocycles. The Morgan fingerprint density at radius 3 is 2.58 bits per heavy atom. The third-order valence-electron chi connectivity index (χ3n) is 6.36. The summed E-state index contributed by atoms with van der Waals surface area (Å²) in [4.78, 5) is 9.28. The SMILES string of the molecule is CC.FC(F)n1cc(-c2ccc3ncc(-c4cccc(NC5CC6(CNC6)C5)n4)n3c2)cn1. The molecule has 1 aliphatic heterocycles. The minimum absolute atomic E-state index is 0.463. The lowest BCUT2D eigenvalue weighted by Gasteiger charge is -2.54. The van der Waals surface area contributed by atoms with E-state index in [2.05, 4.69) is 20.7 Å². The number of alkyl halides is 2. The van der Waals surface area contributed by atoms with E-state index in [0.29, 0.717) is 21.7 Å². The maximum Gasteiger partial charge on any atom is 0.333 e. The van der Waals surface area contributed by atoms with Crippen LogP contribution in [0.3, 0.4) is 0 Å². The van der Waals surface area contributed by atoms with Gasteiger partial charge in [0.2, 0.25) is 0 Å². The number of rotatable bonds is 5. The fourth-order valence-corrected chi connectivity index (χ4v) is 4.66. The molecule has 4 aromatic heterocycles. The Balaban J connectivity index is 0.00000111. The minimum Gasteiger partial charge on any atom is -0.367 e. The number of fused-ring (bicyclic) bond motifs is 1. The van der Waals surface area contributed by atoms with Crippen molar-refractivity contribution in [3.63, 3.8) is 0 Å². The van der Waals surface area contributed by atoms with Crippen molar-refractivity contribution in [3.8, 4) is 22.5 Å². The van der Waals surface area contributed by atoms with E-state index in [0.717, 1.165) is 41.5 Å². The zero-order valence-corrected chi connectivity index (χ0v) is 18.7. The molecule has 0 atom stereocenters. The van der Waals surface area contributed by atoms with Gasteiger partial charge in [0.25, 0.3) is 0 Å². The summed E-state index contributed by atoms with van der Waals surface area (Å²) in [5.74, 6) is 0.856. The summed E-state index contributed by atoms with van der Waals surface area (Å²) in [5.41, 5.74) is 4.31. The van der Waals surface area contributed by atoms with Crippen LogP contribution in [-0.4, -0.2) is 43.3 Å². The van der Waals surface area contributed by atoms with Crippen LogP contribution in [0.25, 0.3) is 28.2 Å². The van der Waals surface area contributed by atoms with Gasteiger partial charge >= 0.3 is 6.55 Å². The number of nitrogens with one attached hydrogen (secondary N) is 2. The van der Waals surface area contributed by atoms with Gasteiger partial charge in [0.15, 0.2) is 0 Å². The van der Waals surface area contributed by atoms with Crippen LogP contribution in [0, 0.1) is 5.41 Å². The molecule has 5 heterocycles. The van der Waals surface area contributed by atoms with Crippen LogP contribution >= 0.6 is 0 Å². The normalized spacial score (nSPS) is 16.9. The summed E-state index contributed by atoms with van der Waals surface area (Å²) in [5, 5.41) is 10.6. The Morgan fingerprint density at radius 1 is 1.06 bits per heavy atom. The molecule has 9 heteroatoms. The summed E-state index contributed by atoms with van der Waals surface area (Å²) in [6.07, 6.45) is 8.80. The molecule has 6 rings (SSSR count). The lowest BCUT2D eigenvalue weighted by Crippen LogP contribution is -2.63. The van der Waals surface area contributed by atoms with Gasteiger partial charge in [0.1, 0.15) is 11.5 Å². The van der Waals surface area contributed by atoms with Crippen molar-refractivity contribution in [2.45, 2.75) is 39.3 Å². The van der Waals surface area contributed by atoms with Crippen LogP contribution in [0.4, 0.5) is 14.6 Å². The van der Waals surface area contributed by atoms with Crippen LogP contribution in [0.1, 0.15) is 33.2 Å². The minimum atomic E-state index is -2.66. The van der Waals surface area contributed by atoms with E-state index in [-0.39, 0.29) is 0 Å². The van der Waals surface area contributed by atoms with E-state index >= 15 is 0 Å². The van der Waals surface area contributed by atoms with Crippen LogP contribution in [0.5, 0.6) is 0 Å². The van der Waals surface area contributed by atoms with Gasteiger partial charge in [-0.2, -0.15) is 13.9 Å². The van der Waals surface area contributed by atoms with Crippen LogP contribution < -0.4 is 10.6 Å². The summed E-state index contributed by atoms with van der Waals surface area (Å²) in [7, 11) is 0. The summed E-state index contributed by atoms with van der Waals surface area (Å²) in [6.45, 7) is 3.59. The van der Waals surface area contributed by atoms with E-state index in [1.807, 2.05) is 54.8 Å². The molecule has 0 radical (unpaired) electrons. The van der Waals surface area contributed by atoms with Gasteiger partial charge in [-0.05, 0) is 42.5 Å². The van der Waals surface area contributed by atoms with Gasteiger partial charge in [0.05, 0.1) is 23.8 Å². The number of pyridine rings is 2. The first kappa shape index (κ1) is 21.5. The predicted molar refractivity (Wildman–Crippen MR) is 124 cm³/mol. The van der Waals surface area contributed by atoms with E-state index in [4.69, 9.17) is 4.98 Å². The van der Waals surface area contributed by atoms with Crippen molar-refractivity contribution in [1.29, 1.82) is 0 Å². The van der Waals surface area contributed by atoms with Gasteiger partial charge < -0.3 is 10.6 Å². The highest BCUT2D eigenvalue weighted by Crippen LogP contribution is 2.45. The summed E-state index contributed by atoms with van der Waals surface area (Å²) >= 11 is 0. The number of hydrogen-bond donors (Lipinski definition) is 2. The first-order chi connectivity index (χ1) is 16.1. The second-order valence-corrected chi connectivity index (χ2v) is 8.54. The van der Waals surface area contributed by atoms with E-state index in [9.17, 15) is 8.78 Å². The molecular formula is C24H27F2N7. The largest absolute Gasteiger partial charge is 0.367 e. The van der Waals surface area contributed by atoms with Crippen LogP contribution in [-0.2, 0) is 0 Å². The summed E-state index contributed by atoms with van der Waals surface area (Å²) in [6, 6.07) is 10.1. The average molecular weight is 452 g/mol. The maximum absolute atomic E-state index is 12.9. The van der Waals surface area contributed by atoms with Gasteiger partial charge in [-0.3, -0.25) is 4.40 Å². The molecule has 2 aliphatic rings. The van der Waals surface area contributed by atoms with Crippen molar-refractivity contribution >= 4 is 11.5 Å². The van der Waals surface area contributed by atoms with Crippen molar-refractivity contribution in [3.05, 3.63) is 55.1 Å². The average Bonchev–Trinajstić information content (AvgIpc) is 3.43. The molecule has 2 N–H and O–H groups in total. The molecule has 0 aromatic carbocycles. The maximum atomic E-state index is 12.9. The molecule has 1 saturated heterocycles. The Kier molecular flexibility index (Phi) is 5.57. The number of aromatic nitrogens is 5. The first-order valence-electron chi connectivity index (χ1n) is 11.3. The number of halogens is 2. The molecule has 1 spiro atoms. The van der Waals surface area contributed by atoms with Gasteiger partial charge in [-0.1, -0.05) is 19.9 Å². The zero-order valence-electron chi connectivity index (χ0n) is 18.7. The van der Waals surface area contributed by atoms with Gasteiger partial charge in [0, 0.05) is 42.7 Å². The van der Waals surface area contributed by atoms with Crippen LogP contribution in [0.15, 0.2) is 55.1 Å². The molecule has 7 nitrogen and oxygen atoms in total. The van der Waals surface area contributed by atoms with E-state index in [1.54, 1.807) is 6.20 Å². The topological polar surface area (TPSA) is 72.1 Å². The number of nitrogens with zero attached hydrogens (tertiary/aromatic N) is 5. The Bertz CT molecular complexity index is 1250. The van der Waals surface area contributed by atoms with Gasteiger partial charge in [-0.15, -0.1) is 0 Å². The fourth-order valence-electron chi connectivity index (χ4n) is 4.66. The quantitative estimate of drug-likeness (QED) is 0.454. The van der Waals surface area contributed by atoms with E-state index < -0.39 is 6.55 Å². The second kappa shape index (κ2) is 8.55. The fraction of sp³-hybridized carbons (Fsp3) is 0.375. The lowest BCUT2D eigenvalue weighted by molar-refractivity contribution is 0.0469. The predicted octanol–water partition coefficient (Wildman–Crippen LogP) is 4.85. The highest BCUT2D eigenvalue weighted by molar-refractivity contribution is 5.67. The number of anilines is 1. The third kappa shape index (κ3) is 3.97. The molecular weight excluding hydrogens is 424 g/mol. The molecule has 2 fully saturated rings. The van der Waals surface area contributed by atoms with Crippen LogP contribution in [0.2, 0.25) is 0 Å². The van der Waals surface area contributed by atoms with Gasteiger partial charge in [-0.25, -0.2) is 14.6 Å². The molecule has 172 valence electrons. The molecule has 0 unspecified atom stereocenters. The first-order valence-corrected chi connectivity index (χ1v) is 11.3. The van der Waals surface area contributed by atoms with Crippen molar-refractivity contribution in [2.24, 2.45) is 5.41 Å². The molecule has 33 heavy (non-hydrogen) atoms. The third-order valence-corrected chi connectivity index (χ3v) is 6.36. The number of imidazole rings is 1. The molecule has 1 saturated carbocycles. The Labute approximate surface area is 190 Å². The molecule has 4 aromatic rings. The number of hydrogen-bond acceptors (Lipinski definition) is 5. The van der Waals surface area contributed by atoms with Crippen molar-refractivity contribution in [2.75, 3.05) is 18.4 Å². The summed E-state index contributed by atoms with van der Waals surface area (Å²) < 4.78 is 28.3. The lowest BCUT2D eigenvalue weighted by atomic mass is 9.62. The van der Waals surface area contributed by atoms with Crippen molar-refractivity contribution in [1.82, 2.24) is 29.5 Å². The standard InChI is InChI=1S/C22H21F2N7.C2H6/c23-21(24)31-11-15(8-27-31)14-4-5-20-26-9-18(30(20)10-14)17-2-1-3-19(29-17)28-16-6-22(7-16)12-25-13-22;1-2/h1-5,8-11,16,21,25H,6-7,12-13H2,(H,28,29);1-2H3. The second-order valence-electron chi connectivity index (χ2n) is 8.54. The monoisotopic (exact) mass is 451 g/mol. The smallest absolute Gasteiger partial charge is 0.333 e. The Morgan fingerprint density at radius 2 is 1.88 bits per heavy atom. The van der Waals surface area contributed by atoms with Crippen molar-refractivity contribution < 1.29 is 8.78 Å². The Hall–Kier alpha value is -3.33. The zero-order chi connectivity index (χ0) is 23.0. The molecule has 0 amide bonds. The highest BCUT2D eigenvalue weighted by Gasteiger charge is 2.48. The highest BCUT2D eigenvalue weighted by atomic mass is 19.3.